The molecule has 0 unspecified atom stereocenters. The van der Waals surface area contributed by atoms with E-state index in [4.69, 9.17) is 9.72 Å². The molecule has 0 atom stereocenters. The Morgan fingerprint density at radius 3 is 2.58 bits per heavy atom. The molecule has 4 aromatic rings. The third-order valence-electron chi connectivity index (χ3n) is 4.27. The Morgan fingerprint density at radius 2 is 1.85 bits per heavy atom. The fourth-order valence-corrected chi connectivity index (χ4v) is 2.93. The Morgan fingerprint density at radius 1 is 1.04 bits per heavy atom. The van der Waals surface area contributed by atoms with Crippen molar-refractivity contribution in [3.8, 4) is 17.1 Å². The average molecular weight is 347 g/mol. The number of rotatable bonds is 4. The first-order valence-corrected chi connectivity index (χ1v) is 8.37. The number of benzene rings is 2. The van der Waals surface area contributed by atoms with Gasteiger partial charge >= 0.3 is 0 Å². The number of aryl methyl sites for hydroxylation is 2. The first-order valence-electron chi connectivity index (χ1n) is 8.37. The van der Waals surface area contributed by atoms with Crippen molar-refractivity contribution < 1.29 is 9.13 Å². The number of halogens is 1. The largest absolute Gasteiger partial charge is 0.472 e. The van der Waals surface area contributed by atoms with E-state index < -0.39 is 0 Å². The summed E-state index contributed by atoms with van der Waals surface area (Å²) < 4.78 is 20.8. The van der Waals surface area contributed by atoms with Gasteiger partial charge < -0.3 is 4.74 Å². The number of fused-ring (bicyclic) bond motifs is 1. The summed E-state index contributed by atoms with van der Waals surface area (Å²) in [6, 6.07) is 16.6. The van der Waals surface area contributed by atoms with Crippen LogP contribution in [0.25, 0.3) is 22.2 Å². The average Bonchev–Trinajstić information content (AvgIpc) is 3.05. The summed E-state index contributed by atoms with van der Waals surface area (Å²) >= 11 is 0. The first-order chi connectivity index (χ1) is 12.6. The van der Waals surface area contributed by atoms with Crippen molar-refractivity contribution in [2.75, 3.05) is 0 Å². The van der Waals surface area contributed by atoms with Crippen molar-refractivity contribution >= 4 is 10.9 Å². The van der Waals surface area contributed by atoms with Crippen LogP contribution in [0.15, 0.2) is 60.8 Å². The van der Waals surface area contributed by atoms with Gasteiger partial charge in [-0.15, -0.1) is 5.10 Å². The van der Waals surface area contributed by atoms with Gasteiger partial charge in [0.1, 0.15) is 12.4 Å². The highest BCUT2D eigenvalue weighted by Gasteiger charge is 2.08. The van der Waals surface area contributed by atoms with Crippen LogP contribution in [0.5, 0.6) is 5.88 Å². The van der Waals surface area contributed by atoms with Gasteiger partial charge in [0.15, 0.2) is 0 Å². The minimum atomic E-state index is -0.247. The Hall–Kier alpha value is -3.21. The van der Waals surface area contributed by atoms with E-state index in [1.807, 2.05) is 56.6 Å². The molecule has 0 spiro atoms. The van der Waals surface area contributed by atoms with Crippen molar-refractivity contribution in [1.82, 2.24) is 14.8 Å². The Bertz CT molecular complexity index is 1070. The summed E-state index contributed by atoms with van der Waals surface area (Å²) in [7, 11) is 1.86. The van der Waals surface area contributed by atoms with E-state index >= 15 is 0 Å². The van der Waals surface area contributed by atoms with Crippen LogP contribution in [-0.4, -0.2) is 14.8 Å². The SMILES string of the molecule is Cc1cc2cc(F)ccc2nc1-c1ccc(COc2ccn(C)n2)cc1. The fraction of sp³-hybridized carbons (Fsp3) is 0.143. The second-order valence-corrected chi connectivity index (χ2v) is 6.30. The van der Waals surface area contributed by atoms with Gasteiger partial charge in [0.05, 0.1) is 11.2 Å². The number of ether oxygens (including phenoxy) is 1. The smallest absolute Gasteiger partial charge is 0.233 e. The number of hydrogen-bond donors (Lipinski definition) is 0. The minimum absolute atomic E-state index is 0.247. The number of pyridine rings is 1. The monoisotopic (exact) mass is 347 g/mol. The molecule has 0 fully saturated rings. The molecule has 0 bridgehead atoms. The third-order valence-corrected chi connectivity index (χ3v) is 4.27. The molecule has 2 heterocycles. The topological polar surface area (TPSA) is 39.9 Å². The van der Waals surface area contributed by atoms with Crippen molar-refractivity contribution in [2.24, 2.45) is 7.05 Å². The van der Waals surface area contributed by atoms with Gasteiger partial charge in [-0.3, -0.25) is 4.68 Å². The van der Waals surface area contributed by atoms with Gasteiger partial charge in [-0.2, -0.15) is 0 Å². The second kappa shape index (κ2) is 6.59. The van der Waals surface area contributed by atoms with E-state index in [2.05, 4.69) is 5.10 Å². The lowest BCUT2D eigenvalue weighted by atomic mass is 10.0. The lowest BCUT2D eigenvalue weighted by Gasteiger charge is -2.09. The molecule has 0 amide bonds. The van der Waals surface area contributed by atoms with Gasteiger partial charge in [-0.25, -0.2) is 9.37 Å². The standard InChI is InChI=1S/C21H18FN3O/c1-14-11-17-12-18(22)7-8-19(17)23-21(14)16-5-3-15(4-6-16)13-26-20-9-10-25(2)24-20/h3-12H,13H2,1-2H3. The molecule has 2 aromatic heterocycles. The van der Waals surface area contributed by atoms with Crippen LogP contribution in [0.1, 0.15) is 11.1 Å². The molecule has 0 radical (unpaired) electrons. The van der Waals surface area contributed by atoms with E-state index in [0.29, 0.717) is 12.5 Å². The lowest BCUT2D eigenvalue weighted by Crippen LogP contribution is -1.97. The van der Waals surface area contributed by atoms with E-state index in [-0.39, 0.29) is 5.82 Å². The molecule has 4 nitrogen and oxygen atoms in total. The van der Waals surface area contributed by atoms with Crippen LogP contribution in [0.2, 0.25) is 0 Å². The first kappa shape index (κ1) is 16.3. The number of aromatic nitrogens is 3. The molecule has 4 rings (SSSR count). The van der Waals surface area contributed by atoms with Crippen LogP contribution >= 0.6 is 0 Å². The van der Waals surface area contributed by atoms with Gasteiger partial charge in [-0.1, -0.05) is 24.3 Å². The van der Waals surface area contributed by atoms with Crippen LogP contribution in [-0.2, 0) is 13.7 Å². The number of hydrogen-bond acceptors (Lipinski definition) is 3. The summed E-state index contributed by atoms with van der Waals surface area (Å²) in [4.78, 5) is 4.70. The van der Waals surface area contributed by atoms with E-state index in [1.165, 1.54) is 12.1 Å². The van der Waals surface area contributed by atoms with E-state index in [1.54, 1.807) is 10.7 Å². The van der Waals surface area contributed by atoms with Crippen LogP contribution < -0.4 is 4.74 Å². The zero-order valence-corrected chi connectivity index (χ0v) is 14.6. The van der Waals surface area contributed by atoms with Crippen molar-refractivity contribution in [1.29, 1.82) is 0 Å². The molecule has 0 aliphatic heterocycles. The third kappa shape index (κ3) is 3.28. The molecule has 26 heavy (non-hydrogen) atoms. The Kier molecular flexibility index (Phi) is 4.13. The summed E-state index contributed by atoms with van der Waals surface area (Å²) in [6.07, 6.45) is 1.85. The quantitative estimate of drug-likeness (QED) is 0.539. The van der Waals surface area contributed by atoms with Crippen molar-refractivity contribution in [2.45, 2.75) is 13.5 Å². The molecular weight excluding hydrogens is 329 g/mol. The molecule has 2 aromatic carbocycles. The molecule has 0 aliphatic carbocycles. The molecule has 5 heteroatoms. The van der Waals surface area contributed by atoms with Crippen molar-refractivity contribution in [3.63, 3.8) is 0 Å². The Balaban J connectivity index is 1.57. The van der Waals surface area contributed by atoms with E-state index in [9.17, 15) is 4.39 Å². The maximum atomic E-state index is 13.4. The summed E-state index contributed by atoms with van der Waals surface area (Å²) in [5.74, 6) is 0.361. The van der Waals surface area contributed by atoms with Gasteiger partial charge in [0.25, 0.3) is 0 Å². The minimum Gasteiger partial charge on any atom is -0.472 e. The summed E-state index contributed by atoms with van der Waals surface area (Å²) in [5, 5.41) is 5.01. The predicted octanol–water partition coefficient (Wildman–Crippen LogP) is 4.66. The lowest BCUT2D eigenvalue weighted by molar-refractivity contribution is 0.291. The second-order valence-electron chi connectivity index (χ2n) is 6.30. The van der Waals surface area contributed by atoms with Crippen molar-refractivity contribution in [3.05, 3.63) is 77.7 Å². The van der Waals surface area contributed by atoms with Gasteiger partial charge in [-0.05, 0) is 42.3 Å². The highest BCUT2D eigenvalue weighted by molar-refractivity contribution is 5.83. The van der Waals surface area contributed by atoms with Crippen LogP contribution in [0.4, 0.5) is 4.39 Å². The zero-order valence-electron chi connectivity index (χ0n) is 14.6. The maximum Gasteiger partial charge on any atom is 0.233 e. The van der Waals surface area contributed by atoms with E-state index in [0.717, 1.165) is 33.3 Å². The summed E-state index contributed by atoms with van der Waals surface area (Å²) in [5.41, 5.74) is 4.78. The van der Waals surface area contributed by atoms with Crippen LogP contribution in [0, 0.1) is 12.7 Å². The Labute approximate surface area is 150 Å². The highest BCUT2D eigenvalue weighted by atomic mass is 19.1. The van der Waals surface area contributed by atoms with Crippen LogP contribution in [0.3, 0.4) is 0 Å². The molecule has 0 aliphatic rings. The molecule has 0 saturated carbocycles. The van der Waals surface area contributed by atoms with Gasteiger partial charge in [0.2, 0.25) is 5.88 Å². The molecule has 130 valence electrons. The normalized spacial score (nSPS) is 11.0. The fourth-order valence-electron chi connectivity index (χ4n) is 2.93. The molecule has 0 N–H and O–H groups in total. The molecule has 0 saturated heterocycles. The number of nitrogens with zero attached hydrogens (tertiary/aromatic N) is 3. The molecular formula is C21H18FN3O. The summed E-state index contributed by atoms with van der Waals surface area (Å²) in [6.45, 7) is 2.45. The maximum absolute atomic E-state index is 13.4. The van der Waals surface area contributed by atoms with Gasteiger partial charge in [0, 0.05) is 30.3 Å². The zero-order chi connectivity index (χ0) is 18.1. The highest BCUT2D eigenvalue weighted by Crippen LogP contribution is 2.26. The predicted molar refractivity (Wildman–Crippen MR) is 99.4 cm³/mol.